The van der Waals surface area contributed by atoms with Crippen LogP contribution in [-0.2, 0) is 16.0 Å². The number of rotatable bonds is 7. The zero-order valence-corrected chi connectivity index (χ0v) is 19.5. The van der Waals surface area contributed by atoms with Crippen molar-refractivity contribution in [1.29, 1.82) is 0 Å². The lowest BCUT2D eigenvalue weighted by atomic mass is 10.1. The topological polar surface area (TPSA) is 95.1 Å². The lowest BCUT2D eigenvalue weighted by Crippen LogP contribution is -2.43. The number of anilines is 1. The van der Waals surface area contributed by atoms with Crippen LogP contribution in [0.15, 0.2) is 29.3 Å². The van der Waals surface area contributed by atoms with Gasteiger partial charge in [-0.25, -0.2) is 9.79 Å². The second kappa shape index (κ2) is 11.6. The molecule has 2 rings (SSSR count). The SMILES string of the molecule is CN(C)C(=O)CN=C(NCCc1ccc(NC(=O)OC(C)(C)C)cc1)NC1CCCC1. The van der Waals surface area contributed by atoms with Gasteiger partial charge in [0.15, 0.2) is 5.96 Å². The summed E-state index contributed by atoms with van der Waals surface area (Å²) in [5.41, 5.74) is 1.30. The van der Waals surface area contributed by atoms with Gasteiger partial charge in [0, 0.05) is 32.4 Å². The normalized spacial score (nSPS) is 14.8. The molecule has 1 saturated carbocycles. The summed E-state index contributed by atoms with van der Waals surface area (Å²) in [5, 5.41) is 9.53. The van der Waals surface area contributed by atoms with Gasteiger partial charge in [-0.05, 0) is 57.7 Å². The standard InChI is InChI=1S/C23H37N5O3/c1-23(2,3)31-22(30)27-19-12-10-17(11-13-19)14-15-24-21(25-16-20(29)28(4)5)26-18-8-6-7-9-18/h10-13,18H,6-9,14-16H2,1-5H3,(H,27,30)(H2,24,25,26). The van der Waals surface area contributed by atoms with E-state index < -0.39 is 11.7 Å². The van der Waals surface area contributed by atoms with Crippen molar-refractivity contribution in [3.63, 3.8) is 0 Å². The number of carbonyl (C=O) groups excluding carboxylic acids is 2. The van der Waals surface area contributed by atoms with Crippen LogP contribution in [0, 0.1) is 0 Å². The third-order valence-corrected chi connectivity index (χ3v) is 4.87. The van der Waals surface area contributed by atoms with Crippen molar-refractivity contribution < 1.29 is 14.3 Å². The van der Waals surface area contributed by atoms with Crippen molar-refractivity contribution in [2.24, 2.45) is 4.99 Å². The zero-order chi connectivity index (χ0) is 22.9. The monoisotopic (exact) mass is 431 g/mol. The highest BCUT2D eigenvalue weighted by Crippen LogP contribution is 2.17. The summed E-state index contributed by atoms with van der Waals surface area (Å²) in [4.78, 5) is 29.8. The first-order valence-corrected chi connectivity index (χ1v) is 11.0. The van der Waals surface area contributed by atoms with E-state index in [1.54, 1.807) is 19.0 Å². The average molecular weight is 432 g/mol. The third-order valence-electron chi connectivity index (χ3n) is 4.87. The maximum Gasteiger partial charge on any atom is 0.412 e. The van der Waals surface area contributed by atoms with Crippen molar-refractivity contribution >= 4 is 23.6 Å². The summed E-state index contributed by atoms with van der Waals surface area (Å²) in [7, 11) is 3.47. The van der Waals surface area contributed by atoms with Crippen LogP contribution in [0.2, 0.25) is 0 Å². The van der Waals surface area contributed by atoms with Gasteiger partial charge in [0.05, 0.1) is 0 Å². The van der Waals surface area contributed by atoms with E-state index >= 15 is 0 Å². The minimum Gasteiger partial charge on any atom is -0.444 e. The molecule has 1 aromatic rings. The maximum atomic E-state index is 11.9. The number of nitrogens with one attached hydrogen (secondary N) is 3. The van der Waals surface area contributed by atoms with E-state index in [0.29, 0.717) is 24.2 Å². The van der Waals surface area contributed by atoms with Crippen molar-refractivity contribution in [1.82, 2.24) is 15.5 Å². The number of hydrogen-bond donors (Lipinski definition) is 3. The zero-order valence-electron chi connectivity index (χ0n) is 19.5. The molecule has 0 radical (unpaired) electrons. The van der Waals surface area contributed by atoms with Gasteiger partial charge in [-0.15, -0.1) is 0 Å². The van der Waals surface area contributed by atoms with Gasteiger partial charge in [0.1, 0.15) is 12.1 Å². The van der Waals surface area contributed by atoms with E-state index in [2.05, 4.69) is 20.9 Å². The van der Waals surface area contributed by atoms with E-state index in [1.807, 2.05) is 45.0 Å². The van der Waals surface area contributed by atoms with Gasteiger partial charge in [0.25, 0.3) is 0 Å². The number of aliphatic imine (C=N–C) groups is 1. The Labute approximate surface area is 185 Å². The van der Waals surface area contributed by atoms with Gasteiger partial charge < -0.3 is 20.3 Å². The number of ether oxygens (including phenoxy) is 1. The Morgan fingerprint density at radius 2 is 1.77 bits per heavy atom. The van der Waals surface area contributed by atoms with Crippen LogP contribution in [-0.4, -0.2) is 61.7 Å². The van der Waals surface area contributed by atoms with Crippen molar-refractivity contribution in [3.05, 3.63) is 29.8 Å². The Morgan fingerprint density at radius 3 is 2.35 bits per heavy atom. The number of amides is 2. The van der Waals surface area contributed by atoms with E-state index in [-0.39, 0.29) is 12.5 Å². The minimum absolute atomic E-state index is 0.0272. The Kier molecular flexibility index (Phi) is 9.15. The molecule has 0 heterocycles. The van der Waals surface area contributed by atoms with E-state index in [9.17, 15) is 9.59 Å². The maximum absolute atomic E-state index is 11.9. The molecule has 1 fully saturated rings. The molecule has 0 saturated heterocycles. The summed E-state index contributed by atoms with van der Waals surface area (Å²) in [5.74, 6) is 0.658. The van der Waals surface area contributed by atoms with Crippen LogP contribution in [0.1, 0.15) is 52.0 Å². The molecule has 0 aromatic heterocycles. The Morgan fingerprint density at radius 1 is 1.13 bits per heavy atom. The molecular weight excluding hydrogens is 394 g/mol. The summed E-state index contributed by atoms with van der Waals surface area (Å²) in [6, 6.07) is 8.09. The Hall–Kier alpha value is -2.77. The summed E-state index contributed by atoms with van der Waals surface area (Å²) in [6.07, 6.45) is 5.05. The molecule has 8 nitrogen and oxygen atoms in total. The number of guanidine groups is 1. The van der Waals surface area contributed by atoms with E-state index in [4.69, 9.17) is 4.74 Å². The number of likely N-dealkylation sites (N-methyl/N-ethyl adjacent to an activating group) is 1. The number of nitrogens with zero attached hydrogens (tertiary/aromatic N) is 2. The third kappa shape index (κ3) is 9.72. The van der Waals surface area contributed by atoms with Gasteiger partial charge >= 0.3 is 6.09 Å². The van der Waals surface area contributed by atoms with Gasteiger partial charge in [-0.2, -0.15) is 0 Å². The van der Waals surface area contributed by atoms with Gasteiger partial charge in [-0.3, -0.25) is 10.1 Å². The molecule has 0 atom stereocenters. The fourth-order valence-corrected chi connectivity index (χ4v) is 3.21. The molecule has 31 heavy (non-hydrogen) atoms. The first-order chi connectivity index (χ1) is 14.6. The Balaban J connectivity index is 1.85. The predicted molar refractivity (Wildman–Crippen MR) is 124 cm³/mol. The average Bonchev–Trinajstić information content (AvgIpc) is 3.18. The summed E-state index contributed by atoms with van der Waals surface area (Å²) >= 11 is 0. The van der Waals surface area contributed by atoms with Crippen LogP contribution in [0.5, 0.6) is 0 Å². The van der Waals surface area contributed by atoms with Crippen LogP contribution in [0.25, 0.3) is 0 Å². The van der Waals surface area contributed by atoms with Gasteiger partial charge in [-0.1, -0.05) is 25.0 Å². The molecule has 0 spiro atoms. The largest absolute Gasteiger partial charge is 0.444 e. The quantitative estimate of drug-likeness (QED) is 0.455. The van der Waals surface area contributed by atoms with Crippen LogP contribution in [0.4, 0.5) is 10.5 Å². The first kappa shape index (κ1) is 24.5. The number of benzene rings is 1. The molecular formula is C23H37N5O3. The summed E-state index contributed by atoms with van der Waals surface area (Å²) in [6.45, 7) is 6.31. The number of carbonyl (C=O) groups is 2. The van der Waals surface area contributed by atoms with E-state index in [1.165, 1.54) is 12.8 Å². The lowest BCUT2D eigenvalue weighted by Gasteiger charge is -2.19. The van der Waals surface area contributed by atoms with Crippen molar-refractivity contribution in [3.8, 4) is 0 Å². The smallest absolute Gasteiger partial charge is 0.412 e. The van der Waals surface area contributed by atoms with Crippen molar-refractivity contribution in [2.45, 2.75) is 64.5 Å². The minimum atomic E-state index is -0.529. The highest BCUT2D eigenvalue weighted by molar-refractivity contribution is 5.85. The fraction of sp³-hybridized carbons (Fsp3) is 0.609. The first-order valence-electron chi connectivity index (χ1n) is 11.0. The molecule has 1 aliphatic carbocycles. The van der Waals surface area contributed by atoms with Crippen LogP contribution < -0.4 is 16.0 Å². The molecule has 172 valence electrons. The highest BCUT2D eigenvalue weighted by Gasteiger charge is 2.17. The molecule has 0 aliphatic heterocycles. The molecule has 3 N–H and O–H groups in total. The van der Waals surface area contributed by atoms with Crippen molar-refractivity contribution in [2.75, 3.05) is 32.5 Å². The molecule has 1 aromatic carbocycles. The van der Waals surface area contributed by atoms with E-state index in [0.717, 1.165) is 24.8 Å². The van der Waals surface area contributed by atoms with Gasteiger partial charge in [0.2, 0.25) is 5.91 Å². The molecule has 8 heteroatoms. The lowest BCUT2D eigenvalue weighted by molar-refractivity contribution is -0.127. The molecule has 2 amide bonds. The predicted octanol–water partition coefficient (Wildman–Crippen LogP) is 3.14. The Bertz CT molecular complexity index is 747. The van der Waals surface area contributed by atoms with Crippen LogP contribution in [0.3, 0.4) is 0 Å². The highest BCUT2D eigenvalue weighted by atomic mass is 16.6. The number of hydrogen-bond acceptors (Lipinski definition) is 4. The second-order valence-corrected chi connectivity index (χ2v) is 9.08. The fourth-order valence-electron chi connectivity index (χ4n) is 3.21. The molecule has 1 aliphatic rings. The van der Waals surface area contributed by atoms with Crippen LogP contribution >= 0.6 is 0 Å². The summed E-state index contributed by atoms with van der Waals surface area (Å²) < 4.78 is 5.26. The molecule has 0 bridgehead atoms. The second-order valence-electron chi connectivity index (χ2n) is 9.08. The molecule has 0 unspecified atom stereocenters.